The van der Waals surface area contributed by atoms with E-state index in [0.29, 0.717) is 51.4 Å². The van der Waals surface area contributed by atoms with Crippen LogP contribution >= 0.6 is 11.8 Å². The first-order chi connectivity index (χ1) is 33.5. The second-order valence-electron chi connectivity index (χ2n) is 21.2. The van der Waals surface area contributed by atoms with Gasteiger partial charge < -0.3 is 39.6 Å². The van der Waals surface area contributed by atoms with Gasteiger partial charge in [-0.1, -0.05) is 116 Å². The van der Waals surface area contributed by atoms with Crippen LogP contribution in [0.25, 0.3) is 0 Å². The highest BCUT2D eigenvalue weighted by Gasteiger charge is 2.44. The molecule has 0 spiro atoms. The van der Waals surface area contributed by atoms with Crippen LogP contribution in [0, 0.1) is 17.8 Å². The van der Waals surface area contributed by atoms with E-state index in [1.807, 2.05) is 58.0 Å². The van der Waals surface area contributed by atoms with E-state index in [0.717, 1.165) is 29.7 Å². The molecule has 9 atom stereocenters. The van der Waals surface area contributed by atoms with Crippen molar-refractivity contribution in [2.75, 3.05) is 53.7 Å². The van der Waals surface area contributed by atoms with Gasteiger partial charge in [0.05, 0.1) is 54.5 Å². The number of likely N-dealkylation sites (N-methyl/N-ethyl adjacent to an activating group) is 2. The average molecular weight is 1010 g/mol. The molecule has 0 aromatic heterocycles. The van der Waals surface area contributed by atoms with Crippen LogP contribution in [0.4, 0.5) is 0 Å². The van der Waals surface area contributed by atoms with Crippen molar-refractivity contribution in [1.82, 2.24) is 30.2 Å². The van der Waals surface area contributed by atoms with Gasteiger partial charge in [0.1, 0.15) is 20.2 Å². The number of ether oxygens (including phenoxy) is 2. The van der Waals surface area contributed by atoms with Crippen molar-refractivity contribution in [3.63, 3.8) is 0 Å². The van der Waals surface area contributed by atoms with Gasteiger partial charge in [0.15, 0.2) is 0 Å². The van der Waals surface area contributed by atoms with Crippen LogP contribution < -0.4 is 10.6 Å². The Hall–Kier alpha value is -4.55. The maximum absolute atomic E-state index is 14.3. The van der Waals surface area contributed by atoms with Crippen LogP contribution in [-0.2, 0) is 54.3 Å². The Labute approximate surface area is 429 Å². The minimum Gasteiger partial charge on any atom is -0.379 e. The molecule has 0 saturated carbocycles. The van der Waals surface area contributed by atoms with Crippen molar-refractivity contribution in [1.29, 1.82) is 0 Å². The standard InChI is InChI=1S/C53H85BN6O10S/c1-13-36(5)48(41(69-11)29-44(63)60-32-35(4)27-40(60)49(70-12)37(6)50(66)56-39(33-61)28-38-21-16-14-17-22-38)58(10)46(65)31-55-51(67)47(34(2)3)57(9)43(62)23-18-15-19-25-59-45(64)30-42(52(59)68)71-26-20-24-53(7,8)54/h14,16-17,21-22,33-34,36-37,39-42,47-49H,4,13,15,18-20,23-32,54H2,1-3,5-12H3,(H,55,67)(H,56,66)/t36?,37-,39+,40+,41-,42?,47+,48+,49-/m1/s1. The molecule has 0 aliphatic carbocycles. The lowest BCUT2D eigenvalue weighted by atomic mass is 9.70. The SMILES string of the molecule is BC(C)(C)CCCSC1CC(=O)N(CCCCCC(=O)N(C)[C@H](C(=O)NCC(=O)N(C)[C@@H](C(C)CC)[C@@H](CC(=O)N2CC(=C)C[C@H]2[C@H](OC)[C@@H](C)C(=O)N[C@H](C=O)Cc2ccccc2)OC)C(C)C)C1=O. The van der Waals surface area contributed by atoms with Gasteiger partial charge in [0.2, 0.25) is 41.4 Å². The summed E-state index contributed by atoms with van der Waals surface area (Å²) in [6.07, 6.45) is 4.76. The van der Waals surface area contributed by atoms with Gasteiger partial charge in [-0.2, -0.15) is 0 Å². The summed E-state index contributed by atoms with van der Waals surface area (Å²) in [6.45, 7) is 18.1. The monoisotopic (exact) mass is 1010 g/mol. The predicted molar refractivity (Wildman–Crippen MR) is 281 cm³/mol. The zero-order valence-electron chi connectivity index (χ0n) is 44.8. The quantitative estimate of drug-likeness (QED) is 0.0347. The van der Waals surface area contributed by atoms with Crippen LogP contribution in [0.3, 0.4) is 0 Å². The molecule has 71 heavy (non-hydrogen) atoms. The van der Waals surface area contributed by atoms with Crippen molar-refractivity contribution in [2.24, 2.45) is 17.8 Å². The Balaban J connectivity index is 1.57. The molecule has 0 bridgehead atoms. The number of rotatable bonds is 31. The number of carbonyl (C=O) groups excluding carboxylic acids is 8. The molecular weight excluding hydrogens is 923 g/mol. The van der Waals surface area contributed by atoms with Gasteiger partial charge in [-0.3, -0.25) is 38.5 Å². The number of benzene rings is 1. The second-order valence-corrected chi connectivity index (χ2v) is 22.5. The number of unbranched alkanes of at least 4 members (excludes halogenated alkanes) is 2. The molecule has 3 rings (SSSR count). The molecule has 2 aliphatic heterocycles. The molecule has 16 nitrogen and oxygen atoms in total. The molecule has 2 saturated heterocycles. The number of hydrogen-bond acceptors (Lipinski definition) is 11. The van der Waals surface area contributed by atoms with Crippen LogP contribution in [-0.4, -0.2) is 170 Å². The maximum Gasteiger partial charge on any atom is 0.243 e. The van der Waals surface area contributed by atoms with Crippen molar-refractivity contribution >= 4 is 67.2 Å². The summed E-state index contributed by atoms with van der Waals surface area (Å²) >= 11 is 1.57. The van der Waals surface area contributed by atoms with Crippen molar-refractivity contribution < 1.29 is 47.8 Å². The highest BCUT2D eigenvalue weighted by molar-refractivity contribution is 8.00. The van der Waals surface area contributed by atoms with Gasteiger partial charge in [-0.05, 0) is 55.3 Å². The van der Waals surface area contributed by atoms with Crippen LogP contribution in [0.15, 0.2) is 42.5 Å². The lowest BCUT2D eigenvalue weighted by Crippen LogP contribution is -2.56. The summed E-state index contributed by atoms with van der Waals surface area (Å²) in [4.78, 5) is 113. The molecule has 2 fully saturated rings. The second kappa shape index (κ2) is 29.2. The fourth-order valence-corrected chi connectivity index (χ4v) is 10.9. The van der Waals surface area contributed by atoms with E-state index in [9.17, 15) is 38.4 Å². The topological polar surface area (TPSA) is 192 Å². The zero-order chi connectivity index (χ0) is 53.2. The molecule has 2 N–H and O–H groups in total. The summed E-state index contributed by atoms with van der Waals surface area (Å²) in [5, 5.41) is 5.51. The molecule has 1 aromatic carbocycles. The fourth-order valence-electron chi connectivity index (χ4n) is 9.81. The van der Waals surface area contributed by atoms with E-state index in [4.69, 9.17) is 9.47 Å². The first-order valence-electron chi connectivity index (χ1n) is 25.6. The van der Waals surface area contributed by atoms with Gasteiger partial charge >= 0.3 is 0 Å². The summed E-state index contributed by atoms with van der Waals surface area (Å²) in [7, 11) is 8.40. The number of amides is 7. The van der Waals surface area contributed by atoms with E-state index in [1.165, 1.54) is 28.9 Å². The Morgan fingerprint density at radius 1 is 0.944 bits per heavy atom. The fraction of sp³-hybridized carbons (Fsp3) is 0.698. The Morgan fingerprint density at radius 2 is 1.62 bits per heavy atom. The lowest BCUT2D eigenvalue weighted by molar-refractivity contribution is -0.146. The van der Waals surface area contributed by atoms with Crippen LogP contribution in [0.5, 0.6) is 0 Å². The summed E-state index contributed by atoms with van der Waals surface area (Å²) < 4.78 is 11.9. The molecule has 2 unspecified atom stereocenters. The van der Waals surface area contributed by atoms with Crippen LogP contribution in [0.2, 0.25) is 5.31 Å². The molecule has 18 heteroatoms. The van der Waals surface area contributed by atoms with E-state index in [2.05, 4.69) is 38.9 Å². The van der Waals surface area contributed by atoms with Crippen molar-refractivity contribution in [2.45, 2.75) is 166 Å². The lowest BCUT2D eigenvalue weighted by Gasteiger charge is -2.39. The summed E-state index contributed by atoms with van der Waals surface area (Å²) in [5.74, 6) is -2.28. The maximum atomic E-state index is 14.3. The van der Waals surface area contributed by atoms with Gasteiger partial charge in [-0.15, -0.1) is 11.8 Å². The Kier molecular flexibility index (Phi) is 25.0. The third-order valence-electron chi connectivity index (χ3n) is 14.1. The largest absolute Gasteiger partial charge is 0.379 e. The number of carbonyl (C=O) groups is 8. The highest BCUT2D eigenvalue weighted by Crippen LogP contribution is 2.32. The first-order valence-corrected chi connectivity index (χ1v) is 26.6. The van der Waals surface area contributed by atoms with Crippen molar-refractivity contribution in [3.8, 4) is 0 Å². The number of thioether (sulfide) groups is 1. The molecule has 0 radical (unpaired) electrons. The minimum absolute atomic E-state index is 0.0882. The number of imide groups is 1. The Bertz CT molecular complexity index is 1970. The number of nitrogens with one attached hydrogen (secondary N) is 2. The van der Waals surface area contributed by atoms with Crippen molar-refractivity contribution in [3.05, 3.63) is 48.0 Å². The third-order valence-corrected chi connectivity index (χ3v) is 15.4. The van der Waals surface area contributed by atoms with Crippen LogP contribution in [0.1, 0.15) is 118 Å². The Morgan fingerprint density at radius 3 is 2.21 bits per heavy atom. The third kappa shape index (κ3) is 18.2. The zero-order valence-corrected chi connectivity index (χ0v) is 45.6. The summed E-state index contributed by atoms with van der Waals surface area (Å²) in [6, 6.07) is 6.71. The number of methoxy groups -OCH3 is 2. The molecule has 1 aromatic rings. The molecule has 7 amide bonds. The minimum atomic E-state index is -0.846. The molecular formula is C53H85BN6O10S. The number of nitrogens with zero attached hydrogens (tertiary/aromatic N) is 4. The van der Waals surface area contributed by atoms with Gasteiger partial charge in [0, 0.05) is 54.2 Å². The summed E-state index contributed by atoms with van der Waals surface area (Å²) in [5.41, 5.74) is 1.70. The number of likely N-dealkylation sites (tertiary alicyclic amines) is 2. The molecule has 2 aliphatic rings. The van der Waals surface area contributed by atoms with E-state index < -0.39 is 54.1 Å². The van der Waals surface area contributed by atoms with Gasteiger partial charge in [0.25, 0.3) is 0 Å². The predicted octanol–water partition coefficient (Wildman–Crippen LogP) is 4.63. The van der Waals surface area contributed by atoms with Gasteiger partial charge in [-0.25, -0.2) is 0 Å². The first kappa shape index (κ1) is 60.8. The molecule has 396 valence electrons. The highest BCUT2D eigenvalue weighted by atomic mass is 32.2. The van der Waals surface area contributed by atoms with E-state index in [1.54, 1.807) is 37.7 Å². The van der Waals surface area contributed by atoms with E-state index >= 15 is 0 Å². The smallest absolute Gasteiger partial charge is 0.243 e. The number of aldehydes is 1. The molecule has 2 heterocycles. The number of hydrogen-bond donors (Lipinski definition) is 2. The average Bonchev–Trinajstić information content (AvgIpc) is 3.84. The van der Waals surface area contributed by atoms with E-state index in [-0.39, 0.29) is 84.3 Å². The normalized spacial score (nSPS) is 19.2.